The molecule has 0 aliphatic heterocycles. The number of carboxylic acid groups (broad SMARTS) is 1. The van der Waals surface area contributed by atoms with Gasteiger partial charge in [-0.3, -0.25) is 4.79 Å². The molecule has 138 valence electrons. The molecule has 2 aromatic carbocycles. The van der Waals surface area contributed by atoms with E-state index in [-0.39, 0.29) is 12.4 Å². The van der Waals surface area contributed by atoms with Gasteiger partial charge in [-0.1, -0.05) is 36.4 Å². The third-order valence-corrected chi connectivity index (χ3v) is 4.07. The first kappa shape index (κ1) is 19.6. The lowest BCUT2D eigenvalue weighted by molar-refractivity contribution is -0.141. The minimum atomic E-state index is -1.19. The molecular formula is C18H20N2O5S. The van der Waals surface area contributed by atoms with Crippen molar-refractivity contribution in [3.05, 3.63) is 48.0 Å². The number of nitrogens with one attached hydrogen (secondary N) is 2. The Bertz CT molecular complexity index is 811. The molecule has 7 nitrogen and oxygen atoms in total. The number of carboxylic acids is 1. The van der Waals surface area contributed by atoms with E-state index in [4.69, 9.17) is 9.84 Å². The summed E-state index contributed by atoms with van der Waals surface area (Å²) < 4.78 is 5.12. The summed E-state index contributed by atoms with van der Waals surface area (Å²) in [7, 11) is 0. The number of carbonyl (C=O) groups excluding carboxylic acids is 2. The van der Waals surface area contributed by atoms with E-state index < -0.39 is 30.1 Å². The van der Waals surface area contributed by atoms with Crippen LogP contribution in [0.5, 0.6) is 0 Å². The Hall–Kier alpha value is -2.74. The Balaban J connectivity index is 1.85. The molecule has 0 fully saturated rings. The largest absolute Gasteiger partial charge is 0.480 e. The smallest absolute Gasteiger partial charge is 0.408 e. The maximum absolute atomic E-state index is 11.9. The number of thiol groups is 1. The molecule has 0 unspecified atom stereocenters. The Morgan fingerprint density at radius 1 is 1.12 bits per heavy atom. The minimum absolute atomic E-state index is 0.0550. The van der Waals surface area contributed by atoms with E-state index in [0.29, 0.717) is 0 Å². The fourth-order valence-corrected chi connectivity index (χ4v) is 2.49. The van der Waals surface area contributed by atoms with Crippen molar-refractivity contribution in [2.24, 2.45) is 0 Å². The number of fused-ring (bicyclic) bond motifs is 1. The van der Waals surface area contributed by atoms with Crippen molar-refractivity contribution in [2.45, 2.75) is 25.6 Å². The number of amides is 2. The maximum Gasteiger partial charge on any atom is 0.408 e. The minimum Gasteiger partial charge on any atom is -0.480 e. The molecule has 0 saturated heterocycles. The highest BCUT2D eigenvalue weighted by Gasteiger charge is 2.23. The molecule has 0 aliphatic rings. The van der Waals surface area contributed by atoms with Crippen molar-refractivity contribution in [1.82, 2.24) is 10.6 Å². The SMILES string of the molecule is C[C@H](NC(=O)OCc1ccc2ccccc2c1)C(=O)N[C@@H](CS)C(=O)O. The predicted molar refractivity (Wildman–Crippen MR) is 100 cm³/mol. The van der Waals surface area contributed by atoms with Crippen LogP contribution >= 0.6 is 12.6 Å². The van der Waals surface area contributed by atoms with Crippen LogP contribution in [0.2, 0.25) is 0 Å². The van der Waals surface area contributed by atoms with E-state index in [1.807, 2.05) is 42.5 Å². The quantitative estimate of drug-likeness (QED) is 0.553. The summed E-state index contributed by atoms with van der Waals surface area (Å²) in [6.45, 7) is 1.49. The molecule has 8 heteroatoms. The Kier molecular flexibility index (Phi) is 6.85. The number of ether oxygens (including phenoxy) is 1. The summed E-state index contributed by atoms with van der Waals surface area (Å²) in [5.41, 5.74) is 0.817. The van der Waals surface area contributed by atoms with Crippen molar-refractivity contribution < 1.29 is 24.2 Å². The summed E-state index contributed by atoms with van der Waals surface area (Å²) in [5, 5.41) is 15.7. The Labute approximate surface area is 156 Å². The second-order valence-corrected chi connectivity index (χ2v) is 6.07. The molecule has 2 amide bonds. The maximum atomic E-state index is 11.9. The standard InChI is InChI=1S/C18H20N2O5S/c1-11(16(21)20-15(10-26)17(22)23)19-18(24)25-9-12-6-7-13-4-2-3-5-14(13)8-12/h2-8,11,15,26H,9-10H2,1H3,(H,19,24)(H,20,21)(H,22,23)/t11-,15-/m0/s1. The van der Waals surface area contributed by atoms with Crippen LogP contribution in [0.25, 0.3) is 10.8 Å². The van der Waals surface area contributed by atoms with Crippen molar-refractivity contribution >= 4 is 41.4 Å². The molecule has 0 radical (unpaired) electrons. The average Bonchev–Trinajstić information content (AvgIpc) is 2.63. The van der Waals surface area contributed by atoms with Gasteiger partial charge in [0.15, 0.2) is 0 Å². The lowest BCUT2D eigenvalue weighted by Gasteiger charge is -2.17. The number of hydrogen-bond acceptors (Lipinski definition) is 5. The molecule has 2 rings (SSSR count). The monoisotopic (exact) mass is 376 g/mol. The van der Waals surface area contributed by atoms with E-state index in [0.717, 1.165) is 16.3 Å². The van der Waals surface area contributed by atoms with Gasteiger partial charge in [-0.05, 0) is 29.3 Å². The molecule has 0 spiro atoms. The summed E-state index contributed by atoms with van der Waals surface area (Å²) >= 11 is 3.86. The lowest BCUT2D eigenvalue weighted by Crippen LogP contribution is -2.51. The first-order valence-electron chi connectivity index (χ1n) is 7.95. The molecule has 0 bridgehead atoms. The molecule has 0 saturated carbocycles. The molecule has 2 aromatic rings. The van der Waals surface area contributed by atoms with Gasteiger partial charge in [0.2, 0.25) is 5.91 Å². The van der Waals surface area contributed by atoms with E-state index in [1.165, 1.54) is 6.92 Å². The number of aliphatic carboxylic acids is 1. The van der Waals surface area contributed by atoms with Crippen molar-refractivity contribution in [3.63, 3.8) is 0 Å². The predicted octanol–water partition coefficient (Wildman–Crippen LogP) is 1.95. The van der Waals surface area contributed by atoms with Gasteiger partial charge in [0.25, 0.3) is 0 Å². The fraction of sp³-hybridized carbons (Fsp3) is 0.278. The summed E-state index contributed by atoms with van der Waals surface area (Å²) in [6.07, 6.45) is -0.765. The van der Waals surface area contributed by atoms with Crippen LogP contribution in [-0.4, -0.2) is 40.9 Å². The lowest BCUT2D eigenvalue weighted by atomic mass is 10.1. The van der Waals surface area contributed by atoms with E-state index in [2.05, 4.69) is 23.3 Å². The fourth-order valence-electron chi connectivity index (χ4n) is 2.24. The molecule has 0 aromatic heterocycles. The number of hydrogen-bond donors (Lipinski definition) is 4. The zero-order valence-electron chi connectivity index (χ0n) is 14.1. The van der Waals surface area contributed by atoms with Gasteiger partial charge in [0, 0.05) is 5.75 Å². The van der Waals surface area contributed by atoms with E-state index in [1.54, 1.807) is 0 Å². The van der Waals surface area contributed by atoms with Gasteiger partial charge < -0.3 is 20.5 Å². The second-order valence-electron chi connectivity index (χ2n) is 5.71. The summed E-state index contributed by atoms with van der Waals surface area (Å²) in [4.78, 5) is 34.6. The van der Waals surface area contributed by atoms with Crippen molar-refractivity contribution in [2.75, 3.05) is 5.75 Å². The van der Waals surface area contributed by atoms with Crippen LogP contribution in [0.1, 0.15) is 12.5 Å². The van der Waals surface area contributed by atoms with Crippen LogP contribution in [-0.2, 0) is 20.9 Å². The number of carbonyl (C=O) groups is 3. The van der Waals surface area contributed by atoms with Crippen molar-refractivity contribution in [3.8, 4) is 0 Å². The zero-order chi connectivity index (χ0) is 19.1. The third kappa shape index (κ3) is 5.38. The highest BCUT2D eigenvalue weighted by atomic mass is 32.1. The molecule has 26 heavy (non-hydrogen) atoms. The molecule has 3 N–H and O–H groups in total. The first-order valence-corrected chi connectivity index (χ1v) is 8.59. The molecule has 2 atom stereocenters. The Morgan fingerprint density at radius 2 is 1.81 bits per heavy atom. The average molecular weight is 376 g/mol. The topological polar surface area (TPSA) is 105 Å². The van der Waals surface area contributed by atoms with Crippen LogP contribution in [0.3, 0.4) is 0 Å². The summed E-state index contributed by atoms with van der Waals surface area (Å²) in [5.74, 6) is -1.88. The first-order chi connectivity index (χ1) is 12.4. The second kappa shape index (κ2) is 9.10. The van der Waals surface area contributed by atoms with Crippen LogP contribution in [0.15, 0.2) is 42.5 Å². The van der Waals surface area contributed by atoms with Crippen LogP contribution in [0, 0.1) is 0 Å². The Morgan fingerprint density at radius 3 is 2.46 bits per heavy atom. The third-order valence-electron chi connectivity index (χ3n) is 3.71. The molecular weight excluding hydrogens is 356 g/mol. The number of rotatable bonds is 7. The van der Waals surface area contributed by atoms with Gasteiger partial charge >= 0.3 is 12.1 Å². The van der Waals surface area contributed by atoms with Gasteiger partial charge in [0.1, 0.15) is 18.7 Å². The normalized spacial score (nSPS) is 12.8. The van der Waals surface area contributed by atoms with Crippen LogP contribution < -0.4 is 10.6 Å². The van der Waals surface area contributed by atoms with Crippen LogP contribution in [0.4, 0.5) is 4.79 Å². The van der Waals surface area contributed by atoms with Crippen molar-refractivity contribution in [1.29, 1.82) is 0 Å². The summed E-state index contributed by atoms with van der Waals surface area (Å²) in [6, 6.07) is 11.5. The van der Waals surface area contributed by atoms with E-state index in [9.17, 15) is 14.4 Å². The number of alkyl carbamates (subject to hydrolysis) is 1. The highest BCUT2D eigenvalue weighted by molar-refractivity contribution is 7.80. The number of benzene rings is 2. The van der Waals surface area contributed by atoms with Gasteiger partial charge in [-0.15, -0.1) is 0 Å². The van der Waals surface area contributed by atoms with Gasteiger partial charge in [-0.25, -0.2) is 9.59 Å². The zero-order valence-corrected chi connectivity index (χ0v) is 15.0. The molecule has 0 heterocycles. The van der Waals surface area contributed by atoms with Gasteiger partial charge in [0.05, 0.1) is 0 Å². The highest BCUT2D eigenvalue weighted by Crippen LogP contribution is 2.16. The van der Waals surface area contributed by atoms with E-state index >= 15 is 0 Å². The van der Waals surface area contributed by atoms with Gasteiger partial charge in [-0.2, -0.15) is 12.6 Å². The molecule has 0 aliphatic carbocycles.